The molecule has 0 atom stereocenters. The summed E-state index contributed by atoms with van der Waals surface area (Å²) in [7, 11) is 4.03. The maximum Gasteiger partial charge on any atom is 0.282 e. The Morgan fingerprint density at radius 3 is 2.42 bits per heavy atom. The molecule has 0 radical (unpaired) electrons. The molecular weight excluding hydrogens is 442 g/mol. The lowest BCUT2D eigenvalue weighted by Crippen LogP contribution is -2.35. The SMILES string of the molecule is CCCOc1ccc(/C=C2\C(=O)NN(c3ccccc3)C2=O)c(OCCCN(C)C)c1C.Cl. The van der Waals surface area contributed by atoms with Gasteiger partial charge in [-0.05, 0) is 64.2 Å². The normalized spacial score (nSPS) is 14.5. The molecule has 0 unspecified atom stereocenters. The molecule has 33 heavy (non-hydrogen) atoms. The van der Waals surface area contributed by atoms with Gasteiger partial charge in [0, 0.05) is 17.7 Å². The Morgan fingerprint density at radius 1 is 1.03 bits per heavy atom. The molecule has 2 aromatic rings. The van der Waals surface area contributed by atoms with Gasteiger partial charge in [0.2, 0.25) is 0 Å². The van der Waals surface area contributed by atoms with Crippen LogP contribution in [0.25, 0.3) is 6.08 Å². The Morgan fingerprint density at radius 2 is 1.76 bits per heavy atom. The summed E-state index contributed by atoms with van der Waals surface area (Å²) in [4.78, 5) is 27.7. The van der Waals surface area contributed by atoms with Gasteiger partial charge in [-0.15, -0.1) is 12.4 Å². The van der Waals surface area contributed by atoms with Crippen LogP contribution in [0.3, 0.4) is 0 Å². The molecule has 0 aliphatic carbocycles. The zero-order chi connectivity index (χ0) is 23.1. The maximum absolute atomic E-state index is 13.0. The summed E-state index contributed by atoms with van der Waals surface area (Å²) in [5, 5.41) is 1.26. The van der Waals surface area contributed by atoms with Gasteiger partial charge in [0.15, 0.2) is 0 Å². The first kappa shape index (κ1) is 26.2. The molecule has 1 saturated heterocycles. The van der Waals surface area contributed by atoms with Crippen molar-refractivity contribution in [2.45, 2.75) is 26.7 Å². The molecule has 2 amide bonds. The summed E-state index contributed by atoms with van der Waals surface area (Å²) in [6, 6.07) is 12.7. The molecule has 7 nitrogen and oxygen atoms in total. The number of nitrogens with one attached hydrogen (secondary N) is 1. The van der Waals surface area contributed by atoms with Gasteiger partial charge in [-0.1, -0.05) is 25.1 Å². The van der Waals surface area contributed by atoms with Crippen LogP contribution in [-0.4, -0.2) is 50.6 Å². The third kappa shape index (κ3) is 6.49. The lowest BCUT2D eigenvalue weighted by atomic mass is 10.0. The highest BCUT2D eigenvalue weighted by Crippen LogP contribution is 2.34. The summed E-state index contributed by atoms with van der Waals surface area (Å²) in [5.74, 6) is 0.526. The number of nitrogens with zero attached hydrogens (tertiary/aromatic N) is 2. The predicted octanol–water partition coefficient (Wildman–Crippen LogP) is 4.00. The quantitative estimate of drug-likeness (QED) is 0.321. The number of hydrazine groups is 1. The van der Waals surface area contributed by atoms with Crippen LogP contribution in [0.5, 0.6) is 11.5 Å². The fraction of sp³-hybridized carbons (Fsp3) is 0.360. The van der Waals surface area contributed by atoms with Crippen molar-refractivity contribution in [3.05, 3.63) is 59.2 Å². The molecule has 2 aromatic carbocycles. The summed E-state index contributed by atoms with van der Waals surface area (Å²) in [5.41, 5.74) is 4.82. The van der Waals surface area contributed by atoms with E-state index in [1.54, 1.807) is 18.2 Å². The highest BCUT2D eigenvalue weighted by molar-refractivity contribution is 6.31. The van der Waals surface area contributed by atoms with Crippen molar-refractivity contribution >= 4 is 36.0 Å². The first-order valence-electron chi connectivity index (χ1n) is 10.9. The van der Waals surface area contributed by atoms with Gasteiger partial charge in [0.05, 0.1) is 18.9 Å². The first-order chi connectivity index (χ1) is 15.4. The van der Waals surface area contributed by atoms with E-state index in [-0.39, 0.29) is 18.0 Å². The Labute approximate surface area is 201 Å². The second-order valence-corrected chi connectivity index (χ2v) is 7.94. The Balaban J connectivity index is 0.00000385. The van der Waals surface area contributed by atoms with E-state index < -0.39 is 11.8 Å². The van der Waals surface area contributed by atoms with Gasteiger partial charge in [-0.3, -0.25) is 15.0 Å². The molecule has 1 fully saturated rings. The minimum Gasteiger partial charge on any atom is -0.493 e. The van der Waals surface area contributed by atoms with Crippen molar-refractivity contribution in [2.24, 2.45) is 0 Å². The number of halogens is 1. The van der Waals surface area contributed by atoms with E-state index in [1.807, 2.05) is 51.4 Å². The third-order valence-corrected chi connectivity index (χ3v) is 5.05. The lowest BCUT2D eigenvalue weighted by molar-refractivity contribution is -0.117. The summed E-state index contributed by atoms with van der Waals surface area (Å²) in [6.07, 6.45) is 3.34. The zero-order valence-corrected chi connectivity index (χ0v) is 20.4. The van der Waals surface area contributed by atoms with E-state index >= 15 is 0 Å². The molecule has 3 rings (SSSR count). The molecule has 1 aliphatic heterocycles. The van der Waals surface area contributed by atoms with Crippen LogP contribution in [-0.2, 0) is 9.59 Å². The summed E-state index contributed by atoms with van der Waals surface area (Å²) >= 11 is 0. The number of ether oxygens (including phenoxy) is 2. The molecule has 0 bridgehead atoms. The molecule has 1 heterocycles. The Kier molecular flexibility index (Phi) is 9.75. The van der Waals surface area contributed by atoms with Crippen molar-refractivity contribution in [2.75, 3.05) is 38.9 Å². The number of carbonyl (C=O) groups excluding carboxylic acids is 2. The van der Waals surface area contributed by atoms with Crippen LogP contribution >= 0.6 is 12.4 Å². The van der Waals surface area contributed by atoms with Crippen LogP contribution in [0, 0.1) is 6.92 Å². The average molecular weight is 474 g/mol. The monoisotopic (exact) mass is 473 g/mol. The smallest absolute Gasteiger partial charge is 0.282 e. The Hall–Kier alpha value is -3.03. The molecule has 0 aromatic heterocycles. The standard InChI is InChI=1S/C25H31N3O4.ClH/c1-5-15-31-22-13-12-19(23(18(22)2)32-16-9-14-27(3)4)17-21-24(29)26-28(25(21)30)20-10-7-6-8-11-20;/h6-8,10-13,17H,5,9,14-16H2,1-4H3,(H,26,29);1H/b21-17+;. The summed E-state index contributed by atoms with van der Waals surface area (Å²) < 4.78 is 12.0. The number of benzene rings is 2. The van der Waals surface area contributed by atoms with Crippen LogP contribution in [0.2, 0.25) is 0 Å². The van der Waals surface area contributed by atoms with Crippen LogP contribution in [0.4, 0.5) is 5.69 Å². The van der Waals surface area contributed by atoms with E-state index in [4.69, 9.17) is 9.47 Å². The molecular formula is C25H32ClN3O4. The number of hydrogen-bond acceptors (Lipinski definition) is 5. The first-order valence-corrected chi connectivity index (χ1v) is 10.9. The summed E-state index contributed by atoms with van der Waals surface area (Å²) in [6.45, 7) is 6.00. The number of rotatable bonds is 10. The Bertz CT molecular complexity index is 993. The van der Waals surface area contributed by atoms with Crippen LogP contribution in [0.1, 0.15) is 30.9 Å². The largest absolute Gasteiger partial charge is 0.493 e. The second-order valence-electron chi connectivity index (χ2n) is 7.94. The van der Waals surface area contributed by atoms with E-state index in [0.29, 0.717) is 30.2 Å². The highest BCUT2D eigenvalue weighted by atomic mass is 35.5. The van der Waals surface area contributed by atoms with Crippen molar-refractivity contribution in [3.8, 4) is 11.5 Å². The predicted molar refractivity (Wildman–Crippen MR) is 133 cm³/mol. The molecule has 0 spiro atoms. The van der Waals surface area contributed by atoms with Gasteiger partial charge in [-0.25, -0.2) is 5.01 Å². The van der Waals surface area contributed by atoms with Crippen molar-refractivity contribution in [1.82, 2.24) is 10.3 Å². The van der Waals surface area contributed by atoms with Gasteiger partial charge in [0.1, 0.15) is 17.1 Å². The van der Waals surface area contributed by atoms with Gasteiger partial charge in [0.25, 0.3) is 11.8 Å². The van der Waals surface area contributed by atoms with Crippen LogP contribution < -0.4 is 19.9 Å². The minimum atomic E-state index is -0.443. The number of amides is 2. The van der Waals surface area contributed by atoms with E-state index in [1.165, 1.54) is 5.01 Å². The molecule has 0 saturated carbocycles. The fourth-order valence-electron chi connectivity index (χ4n) is 3.39. The molecule has 1 aliphatic rings. The van der Waals surface area contributed by atoms with E-state index in [2.05, 4.69) is 17.2 Å². The lowest BCUT2D eigenvalue weighted by Gasteiger charge is -2.17. The average Bonchev–Trinajstić information content (AvgIpc) is 3.06. The minimum absolute atomic E-state index is 0. The van der Waals surface area contributed by atoms with Crippen molar-refractivity contribution in [1.29, 1.82) is 0 Å². The molecule has 178 valence electrons. The number of anilines is 1. The fourth-order valence-corrected chi connectivity index (χ4v) is 3.39. The van der Waals surface area contributed by atoms with Crippen LogP contribution in [0.15, 0.2) is 48.0 Å². The topological polar surface area (TPSA) is 71.1 Å². The zero-order valence-electron chi connectivity index (χ0n) is 19.6. The number of para-hydroxylation sites is 1. The maximum atomic E-state index is 13.0. The molecule has 1 N–H and O–H groups in total. The van der Waals surface area contributed by atoms with Crippen molar-refractivity contribution in [3.63, 3.8) is 0 Å². The van der Waals surface area contributed by atoms with Gasteiger partial charge < -0.3 is 14.4 Å². The highest BCUT2D eigenvalue weighted by Gasteiger charge is 2.34. The number of carbonyl (C=O) groups is 2. The van der Waals surface area contributed by atoms with E-state index in [9.17, 15) is 9.59 Å². The third-order valence-electron chi connectivity index (χ3n) is 5.05. The van der Waals surface area contributed by atoms with Gasteiger partial charge in [-0.2, -0.15) is 0 Å². The second kappa shape index (κ2) is 12.3. The van der Waals surface area contributed by atoms with E-state index in [0.717, 1.165) is 30.7 Å². The number of hydrogen-bond donors (Lipinski definition) is 1. The van der Waals surface area contributed by atoms with Gasteiger partial charge >= 0.3 is 0 Å². The van der Waals surface area contributed by atoms with Crippen molar-refractivity contribution < 1.29 is 19.1 Å². The molecule has 8 heteroatoms.